The molecule has 11 nitrogen and oxygen atoms in total. The largest absolute Gasteiger partial charge is 1.00 e. The predicted molar refractivity (Wildman–Crippen MR) is 447 cm³/mol. The van der Waals surface area contributed by atoms with Gasteiger partial charge in [-0.2, -0.15) is 0 Å². The SMILES string of the molecule is CCCCCCCCCCBr.CCCCCCCCCCn1c[n+](Cc2ccc3ccccc3n2)c(Cl)c1Cl.CCCCCCCCCCn1c[n+](Cc2ccc3ccccc3n2)c(Cl)c1Cl.CCCCCCCCCCn1cnc(Cl)c1Cl.ClCc1ccc2ccccc2n1.Clc1nc[nH]c1Cl.[Cl-].[Cl-]. The molecule has 105 heavy (non-hydrogen) atoms. The molecule has 0 atom stereocenters. The Labute approximate surface area is 694 Å². The Balaban J connectivity index is 0.000000345. The van der Waals surface area contributed by atoms with Crippen molar-refractivity contribution in [3.8, 4) is 0 Å². The number of unbranched alkanes of at least 4 members (excludes halogenated alkanes) is 28. The van der Waals surface area contributed by atoms with Crippen LogP contribution >= 0.6 is 120 Å². The van der Waals surface area contributed by atoms with Crippen LogP contribution in [0.5, 0.6) is 0 Å². The molecule has 0 radical (unpaired) electrons. The van der Waals surface area contributed by atoms with Gasteiger partial charge in [-0.25, -0.2) is 38.2 Å². The minimum atomic E-state index is 0. The maximum absolute atomic E-state index is 6.48. The number of hydrogen-bond acceptors (Lipinski definition) is 5. The Hall–Kier alpha value is -3.60. The second-order valence-corrected chi connectivity index (χ2v) is 30.2. The van der Waals surface area contributed by atoms with Crippen molar-refractivity contribution in [1.82, 2.24) is 43.6 Å². The highest BCUT2D eigenvalue weighted by molar-refractivity contribution is 9.09. The van der Waals surface area contributed by atoms with Gasteiger partial charge in [0, 0.05) is 28.0 Å². The van der Waals surface area contributed by atoms with E-state index in [2.05, 4.69) is 109 Å². The van der Waals surface area contributed by atoms with Crippen molar-refractivity contribution in [1.29, 1.82) is 0 Å². The average molecular weight is 1720 g/mol. The highest BCUT2D eigenvalue weighted by atomic mass is 79.9. The molecule has 0 aliphatic carbocycles. The quantitative estimate of drug-likeness (QED) is 0.0234. The lowest BCUT2D eigenvalue weighted by Crippen LogP contribution is -3.00. The molecule has 7 aromatic heterocycles. The van der Waals surface area contributed by atoms with Crippen LogP contribution in [0.4, 0.5) is 0 Å². The number of H-pyrrole nitrogens is 1. The molecule has 7 heterocycles. The van der Waals surface area contributed by atoms with Crippen molar-refractivity contribution in [2.45, 2.75) is 272 Å². The molecular weight excluding hydrogens is 1610 g/mol. The van der Waals surface area contributed by atoms with Crippen molar-refractivity contribution < 1.29 is 33.9 Å². The molecule has 580 valence electrons. The summed E-state index contributed by atoms with van der Waals surface area (Å²) in [7, 11) is 0. The number of nitrogens with one attached hydrogen (secondary N) is 1. The number of alkyl halides is 2. The zero-order valence-electron chi connectivity index (χ0n) is 62.3. The Kier molecular flexibility index (Phi) is 53.9. The summed E-state index contributed by atoms with van der Waals surface area (Å²) in [5.74, 6) is 0.477. The van der Waals surface area contributed by atoms with E-state index in [9.17, 15) is 0 Å². The van der Waals surface area contributed by atoms with E-state index in [1.165, 1.54) is 198 Å². The Morgan fingerprint density at radius 3 is 0.990 bits per heavy atom. The number of imidazole rings is 4. The molecule has 0 bridgehead atoms. The number of aromatic nitrogens is 11. The number of rotatable bonds is 40. The summed E-state index contributed by atoms with van der Waals surface area (Å²) in [6, 6.07) is 36.6. The number of aryl methyl sites for hydroxylation is 3. The first kappa shape index (κ1) is 95.6. The average Bonchev–Trinajstić information content (AvgIpc) is 1.68. The number of fused-ring (bicyclic) bond motifs is 3. The fraction of sp³-hybridized carbons (Fsp3) is 0.524. The molecule has 10 rings (SSSR count). The summed E-state index contributed by atoms with van der Waals surface area (Å²) in [4.78, 5) is 24.0. The molecule has 10 aromatic rings. The molecule has 0 aliphatic rings. The van der Waals surface area contributed by atoms with Crippen LogP contribution in [0.2, 0.25) is 41.2 Å². The van der Waals surface area contributed by atoms with E-state index in [1.807, 2.05) is 99.2 Å². The summed E-state index contributed by atoms with van der Waals surface area (Å²) in [5, 5.41) is 8.71. The lowest BCUT2D eigenvalue weighted by Gasteiger charge is -2.04. The third kappa shape index (κ3) is 38.3. The molecule has 0 amide bonds. The van der Waals surface area contributed by atoms with Gasteiger partial charge >= 0.3 is 0 Å². The zero-order chi connectivity index (χ0) is 74.1. The third-order valence-electron chi connectivity index (χ3n) is 17.7. The first-order valence-electron chi connectivity index (χ1n) is 38.0. The predicted octanol–water partition coefficient (Wildman–Crippen LogP) is 22.2. The standard InChI is InChI=1S/2C23H30Cl2N3.C13H22Cl2N2.C10H21Br.C10H8ClN.C3H2Cl2N2.2ClH/c2*1-2-3-4-5-6-7-8-11-16-27-18-28(23(25)22(27)24)17-20-15-14-19-12-9-10-13-21(19)26-20;1-2-3-4-5-6-7-8-9-10-17-11-16-12(14)13(17)15;1-2-3-4-5-6-7-8-9-10-11;11-7-9-6-5-8-3-1-2-4-10(8)12-9;4-2-3(5)7-1-6-2;;/h2*9-10,12-15,18H,2-8,11,16-17H2,1H3;11H,2-10H2,1H3;2-10H2,1H3;1-6H,7H2;1H,(H,6,7);2*1H/q2*+1;;;;;;/p-2. The van der Waals surface area contributed by atoms with Crippen LogP contribution < -0.4 is 33.9 Å². The van der Waals surface area contributed by atoms with Crippen LogP contribution in [-0.2, 0) is 38.6 Å². The van der Waals surface area contributed by atoms with Crippen molar-refractivity contribution in [3.63, 3.8) is 0 Å². The van der Waals surface area contributed by atoms with Gasteiger partial charge in [0.1, 0.15) is 23.4 Å². The molecule has 0 unspecified atom stereocenters. The molecule has 0 spiro atoms. The second kappa shape index (κ2) is 59.2. The third-order valence-corrected chi connectivity index (χ3v) is 21.8. The van der Waals surface area contributed by atoms with E-state index in [-0.39, 0.29) is 24.8 Å². The van der Waals surface area contributed by atoms with Crippen LogP contribution in [0, 0.1) is 0 Å². The van der Waals surface area contributed by atoms with Crippen LogP contribution in [-0.4, -0.2) is 48.9 Å². The summed E-state index contributed by atoms with van der Waals surface area (Å²) in [6.45, 7) is 13.0. The van der Waals surface area contributed by atoms with Gasteiger partial charge in [-0.3, -0.25) is 4.98 Å². The summed E-state index contributed by atoms with van der Waals surface area (Å²) >= 11 is 57.5. The Morgan fingerprint density at radius 2 is 0.686 bits per heavy atom. The minimum Gasteiger partial charge on any atom is -1.00 e. The highest BCUT2D eigenvalue weighted by Crippen LogP contribution is 2.25. The summed E-state index contributed by atoms with van der Waals surface area (Å²) < 4.78 is 9.99. The minimum absolute atomic E-state index is 0. The molecule has 3 aromatic carbocycles. The van der Waals surface area contributed by atoms with E-state index in [4.69, 9.17) is 114 Å². The molecule has 0 aliphatic heterocycles. The van der Waals surface area contributed by atoms with Gasteiger partial charge in [0.05, 0.1) is 65.3 Å². The van der Waals surface area contributed by atoms with Crippen LogP contribution in [0.1, 0.15) is 250 Å². The fourth-order valence-electron chi connectivity index (χ4n) is 11.7. The summed E-state index contributed by atoms with van der Waals surface area (Å²) in [5.41, 5.74) is 5.89. The molecule has 1 N–H and O–H groups in total. The maximum atomic E-state index is 6.48. The van der Waals surface area contributed by atoms with Gasteiger partial charge in [0.15, 0.2) is 10.3 Å². The van der Waals surface area contributed by atoms with Crippen LogP contribution in [0.3, 0.4) is 0 Å². The van der Waals surface area contributed by atoms with Crippen molar-refractivity contribution in [2.24, 2.45) is 0 Å². The Morgan fingerprint density at radius 1 is 0.362 bits per heavy atom. The smallest absolute Gasteiger partial charge is 0.255 e. The Bertz CT molecular complexity index is 3690. The topological polar surface area (TPSA) is 103 Å². The van der Waals surface area contributed by atoms with Gasteiger partial charge < -0.3 is 34.4 Å². The summed E-state index contributed by atoms with van der Waals surface area (Å²) in [6.07, 6.45) is 50.0. The van der Waals surface area contributed by atoms with E-state index < -0.39 is 0 Å². The van der Waals surface area contributed by atoms with Gasteiger partial charge in [0.25, 0.3) is 20.6 Å². The van der Waals surface area contributed by atoms with Crippen molar-refractivity contribution in [3.05, 3.63) is 193 Å². The van der Waals surface area contributed by atoms with E-state index >= 15 is 0 Å². The van der Waals surface area contributed by atoms with Crippen molar-refractivity contribution in [2.75, 3.05) is 5.33 Å². The van der Waals surface area contributed by atoms with Crippen LogP contribution in [0.15, 0.2) is 135 Å². The first-order valence-corrected chi connectivity index (χ1v) is 42.7. The van der Waals surface area contributed by atoms with Gasteiger partial charge in [-0.15, -0.1) is 11.6 Å². The maximum Gasteiger partial charge on any atom is 0.255 e. The molecule has 0 fully saturated rings. The molecule has 0 saturated carbocycles. The van der Waals surface area contributed by atoms with Gasteiger partial charge in [-0.05, 0) is 121 Å². The number of benzene rings is 3. The number of para-hydroxylation sites is 3. The molecule has 23 heteroatoms. The normalized spacial score (nSPS) is 10.8. The number of halogens is 12. The van der Waals surface area contributed by atoms with Crippen LogP contribution in [0.25, 0.3) is 32.7 Å². The molecular formula is C82H113BrCl11N11. The highest BCUT2D eigenvalue weighted by Gasteiger charge is 2.22. The van der Waals surface area contributed by atoms with E-state index in [1.54, 1.807) is 6.33 Å². The first-order chi connectivity index (χ1) is 50.2. The fourth-order valence-corrected chi connectivity index (χ4v) is 13.7. The zero-order valence-corrected chi connectivity index (χ0v) is 72.2. The van der Waals surface area contributed by atoms with Gasteiger partial charge in [-0.1, -0.05) is 330 Å². The second-order valence-electron chi connectivity index (χ2n) is 26.3. The van der Waals surface area contributed by atoms with E-state index in [0.717, 1.165) is 88.7 Å². The van der Waals surface area contributed by atoms with E-state index in [0.29, 0.717) is 60.2 Å². The lowest BCUT2D eigenvalue weighted by molar-refractivity contribution is -0.686. The monoisotopic (exact) mass is 1720 g/mol. The number of aromatic amines is 1. The number of nitrogens with zero attached hydrogens (tertiary/aromatic N) is 10. The number of pyridine rings is 3. The number of hydrogen-bond donors (Lipinski definition) is 1. The molecule has 0 saturated heterocycles. The lowest BCUT2D eigenvalue weighted by atomic mass is 10.1. The van der Waals surface area contributed by atoms with Crippen molar-refractivity contribution >= 4 is 153 Å². The van der Waals surface area contributed by atoms with Gasteiger partial charge in [0.2, 0.25) is 12.7 Å².